The fourth-order valence-corrected chi connectivity index (χ4v) is 4.70. The minimum absolute atomic E-state index is 0.115. The highest BCUT2D eigenvalue weighted by Crippen LogP contribution is 2.53. The van der Waals surface area contributed by atoms with Crippen LogP contribution < -0.4 is 11.1 Å². The van der Waals surface area contributed by atoms with Gasteiger partial charge in [-0.05, 0) is 48.1 Å². The van der Waals surface area contributed by atoms with E-state index >= 15 is 0 Å². The Kier molecular flexibility index (Phi) is 4.21. The zero-order valence-corrected chi connectivity index (χ0v) is 15.0. The maximum atomic E-state index is 13.1. The van der Waals surface area contributed by atoms with Crippen LogP contribution >= 0.6 is 0 Å². The second-order valence-electron chi connectivity index (χ2n) is 7.53. The van der Waals surface area contributed by atoms with Gasteiger partial charge in [0.1, 0.15) is 0 Å². The number of fused-ring (bicyclic) bond motifs is 1. The first kappa shape index (κ1) is 18.5. The van der Waals surface area contributed by atoms with Gasteiger partial charge in [-0.25, -0.2) is 0 Å². The summed E-state index contributed by atoms with van der Waals surface area (Å²) in [4.78, 5) is 24.6. The Balaban J connectivity index is 1.80. The molecule has 2 aromatic rings. The van der Waals surface area contributed by atoms with Gasteiger partial charge in [-0.3, -0.25) is 9.59 Å². The van der Waals surface area contributed by atoms with Gasteiger partial charge in [0.2, 0.25) is 11.8 Å². The molecule has 4 nitrogen and oxygen atoms in total. The Labute approximate surface area is 159 Å². The van der Waals surface area contributed by atoms with Crippen molar-refractivity contribution in [1.29, 1.82) is 0 Å². The zero-order chi connectivity index (χ0) is 20.1. The molecule has 1 saturated heterocycles. The van der Waals surface area contributed by atoms with Gasteiger partial charge < -0.3 is 11.1 Å². The molecule has 2 unspecified atom stereocenters. The van der Waals surface area contributed by atoms with E-state index in [0.29, 0.717) is 30.5 Å². The lowest BCUT2D eigenvalue weighted by Gasteiger charge is -2.29. The summed E-state index contributed by atoms with van der Waals surface area (Å²) >= 11 is 0. The van der Waals surface area contributed by atoms with Gasteiger partial charge in [0.05, 0.1) is 11.0 Å². The van der Waals surface area contributed by atoms with Crippen molar-refractivity contribution in [2.24, 2.45) is 11.1 Å². The molecule has 3 N–H and O–H groups in total. The number of hydrogen-bond donors (Lipinski definition) is 2. The minimum atomic E-state index is -4.43. The predicted octanol–water partition coefficient (Wildman–Crippen LogP) is 3.19. The van der Waals surface area contributed by atoms with Crippen molar-refractivity contribution in [3.63, 3.8) is 0 Å². The van der Waals surface area contributed by atoms with Crippen molar-refractivity contribution >= 4 is 11.8 Å². The van der Waals surface area contributed by atoms with Gasteiger partial charge in [0.15, 0.2) is 0 Å². The fraction of sp³-hybridized carbons (Fsp3) is 0.333. The molecule has 28 heavy (non-hydrogen) atoms. The highest BCUT2D eigenvalue weighted by atomic mass is 19.4. The molecule has 2 amide bonds. The molecule has 2 atom stereocenters. The molecule has 146 valence electrons. The summed E-state index contributed by atoms with van der Waals surface area (Å²) in [5.74, 6) is -0.992. The fourth-order valence-electron chi connectivity index (χ4n) is 4.70. The smallest absolute Gasteiger partial charge is 0.366 e. The molecule has 0 bridgehead atoms. The molecule has 2 aromatic carbocycles. The van der Waals surface area contributed by atoms with Crippen molar-refractivity contribution in [1.82, 2.24) is 5.32 Å². The Hall–Kier alpha value is -2.83. The van der Waals surface area contributed by atoms with E-state index in [-0.39, 0.29) is 18.2 Å². The van der Waals surface area contributed by atoms with Crippen molar-refractivity contribution < 1.29 is 22.8 Å². The lowest BCUT2D eigenvalue weighted by molar-refractivity contribution is -0.137. The SMILES string of the molecule is NC(=O)c1cccc2c1CC1(CCNC1=O)C2Cc1cccc(C(F)(F)F)c1. The van der Waals surface area contributed by atoms with Crippen LogP contribution in [0, 0.1) is 5.41 Å². The molecule has 1 aliphatic heterocycles. The number of primary amides is 1. The number of carbonyl (C=O) groups is 2. The third-order valence-corrected chi connectivity index (χ3v) is 6.02. The second kappa shape index (κ2) is 6.36. The number of nitrogens with two attached hydrogens (primary N) is 1. The first-order chi connectivity index (χ1) is 13.2. The standard InChI is InChI=1S/C21H19F3N2O2/c22-21(23,24)13-4-1-3-12(9-13)10-17-14-5-2-6-15(18(25)27)16(14)11-20(17)7-8-26-19(20)28/h1-6,9,17H,7-8,10-11H2,(H2,25,27)(H,26,28). The third kappa shape index (κ3) is 2.85. The summed E-state index contributed by atoms with van der Waals surface area (Å²) in [6.45, 7) is 0.512. The summed E-state index contributed by atoms with van der Waals surface area (Å²) in [5.41, 5.74) is 6.49. The first-order valence-corrected chi connectivity index (χ1v) is 9.08. The zero-order valence-electron chi connectivity index (χ0n) is 15.0. The van der Waals surface area contributed by atoms with E-state index in [1.165, 1.54) is 6.07 Å². The van der Waals surface area contributed by atoms with Crippen LogP contribution in [0.5, 0.6) is 0 Å². The van der Waals surface area contributed by atoms with E-state index in [0.717, 1.165) is 23.3 Å². The maximum Gasteiger partial charge on any atom is 0.416 e. The number of hydrogen-bond acceptors (Lipinski definition) is 2. The molecule has 0 saturated carbocycles. The van der Waals surface area contributed by atoms with E-state index in [9.17, 15) is 22.8 Å². The lowest BCUT2D eigenvalue weighted by Crippen LogP contribution is -2.36. The number of rotatable bonds is 3. The summed E-state index contributed by atoms with van der Waals surface area (Å²) < 4.78 is 39.3. The molecule has 1 fully saturated rings. The van der Waals surface area contributed by atoms with Crippen LogP contribution in [0.25, 0.3) is 0 Å². The molecule has 2 aliphatic rings. The van der Waals surface area contributed by atoms with Crippen LogP contribution in [0.3, 0.4) is 0 Å². The van der Waals surface area contributed by atoms with Crippen molar-refractivity contribution in [2.75, 3.05) is 6.54 Å². The Bertz CT molecular complexity index is 970. The highest BCUT2D eigenvalue weighted by Gasteiger charge is 2.54. The third-order valence-electron chi connectivity index (χ3n) is 6.02. The van der Waals surface area contributed by atoms with E-state index < -0.39 is 23.1 Å². The van der Waals surface area contributed by atoms with Gasteiger partial charge in [-0.2, -0.15) is 13.2 Å². The normalized spacial score (nSPS) is 23.7. The van der Waals surface area contributed by atoms with Gasteiger partial charge in [-0.15, -0.1) is 0 Å². The van der Waals surface area contributed by atoms with Crippen LogP contribution in [0.1, 0.15) is 45.0 Å². The monoisotopic (exact) mass is 388 g/mol. The number of alkyl halides is 3. The Morgan fingerprint density at radius 2 is 1.96 bits per heavy atom. The molecule has 0 aromatic heterocycles. The van der Waals surface area contributed by atoms with Crippen LogP contribution in [0.15, 0.2) is 42.5 Å². The predicted molar refractivity (Wildman–Crippen MR) is 96.6 cm³/mol. The van der Waals surface area contributed by atoms with E-state index in [1.807, 2.05) is 6.07 Å². The number of amides is 2. The molecule has 4 rings (SSSR count). The van der Waals surface area contributed by atoms with Crippen molar-refractivity contribution in [3.8, 4) is 0 Å². The lowest BCUT2D eigenvalue weighted by atomic mass is 9.72. The van der Waals surface area contributed by atoms with E-state index in [1.54, 1.807) is 18.2 Å². The summed E-state index contributed by atoms with van der Waals surface area (Å²) in [7, 11) is 0. The number of halogens is 3. The average Bonchev–Trinajstić information content (AvgIpc) is 3.15. The van der Waals surface area contributed by atoms with Crippen LogP contribution in [-0.2, 0) is 23.8 Å². The molecule has 1 heterocycles. The van der Waals surface area contributed by atoms with Crippen LogP contribution in [-0.4, -0.2) is 18.4 Å². The minimum Gasteiger partial charge on any atom is -0.366 e. The topological polar surface area (TPSA) is 72.2 Å². The van der Waals surface area contributed by atoms with Crippen molar-refractivity contribution in [2.45, 2.75) is 31.4 Å². The molecule has 1 aliphatic carbocycles. The van der Waals surface area contributed by atoms with Gasteiger partial charge in [0.25, 0.3) is 0 Å². The van der Waals surface area contributed by atoms with E-state index in [4.69, 9.17) is 5.73 Å². The first-order valence-electron chi connectivity index (χ1n) is 9.08. The average molecular weight is 388 g/mol. The molecule has 0 radical (unpaired) electrons. The van der Waals surface area contributed by atoms with Gasteiger partial charge in [-0.1, -0.05) is 30.3 Å². The molecule has 7 heteroatoms. The van der Waals surface area contributed by atoms with Crippen LogP contribution in [0.2, 0.25) is 0 Å². The molecule has 1 spiro atoms. The second-order valence-corrected chi connectivity index (χ2v) is 7.53. The van der Waals surface area contributed by atoms with Gasteiger partial charge in [0, 0.05) is 18.0 Å². The number of carbonyl (C=O) groups excluding carboxylic acids is 2. The maximum absolute atomic E-state index is 13.1. The van der Waals surface area contributed by atoms with Gasteiger partial charge >= 0.3 is 6.18 Å². The largest absolute Gasteiger partial charge is 0.416 e. The summed E-state index contributed by atoms with van der Waals surface area (Å²) in [5, 5.41) is 2.85. The molecular weight excluding hydrogens is 369 g/mol. The number of benzene rings is 2. The molecular formula is C21H19F3N2O2. The van der Waals surface area contributed by atoms with Crippen molar-refractivity contribution in [3.05, 3.63) is 70.3 Å². The van der Waals surface area contributed by atoms with Crippen LogP contribution in [0.4, 0.5) is 13.2 Å². The Morgan fingerprint density at radius 3 is 2.61 bits per heavy atom. The summed E-state index contributed by atoms with van der Waals surface area (Å²) in [6.07, 6.45) is -3.20. The van der Waals surface area contributed by atoms with E-state index in [2.05, 4.69) is 5.32 Å². The Morgan fingerprint density at radius 1 is 1.21 bits per heavy atom. The quantitative estimate of drug-likeness (QED) is 0.848. The summed E-state index contributed by atoms with van der Waals surface area (Å²) in [6, 6.07) is 10.4. The highest BCUT2D eigenvalue weighted by molar-refractivity contribution is 5.96. The number of nitrogens with one attached hydrogen (secondary N) is 1.